The molecular formula is C11H10F5NO2. The summed E-state index contributed by atoms with van der Waals surface area (Å²) in [5.41, 5.74) is 3.88. The van der Waals surface area contributed by atoms with Gasteiger partial charge in [-0.25, -0.2) is 18.0 Å². The Balaban J connectivity index is 3.19. The third-order valence-electron chi connectivity index (χ3n) is 2.29. The molecule has 1 aromatic rings. The zero-order valence-electron chi connectivity index (χ0n) is 9.72. The van der Waals surface area contributed by atoms with E-state index in [1.165, 1.54) is 6.92 Å². The van der Waals surface area contributed by atoms with Gasteiger partial charge in [-0.05, 0) is 13.0 Å². The van der Waals surface area contributed by atoms with Crippen LogP contribution in [0, 0.1) is 17.5 Å². The third kappa shape index (κ3) is 3.01. The summed E-state index contributed by atoms with van der Waals surface area (Å²) in [6.45, 7) is 0.934. The molecular weight excluding hydrogens is 273 g/mol. The van der Waals surface area contributed by atoms with Gasteiger partial charge in [-0.15, -0.1) is 0 Å². The van der Waals surface area contributed by atoms with E-state index < -0.39 is 40.9 Å². The van der Waals surface area contributed by atoms with Crippen LogP contribution in [0.2, 0.25) is 0 Å². The number of rotatable bonds is 4. The van der Waals surface area contributed by atoms with Gasteiger partial charge in [-0.1, -0.05) is 0 Å². The largest absolute Gasteiger partial charge is 0.462 e. The number of benzene rings is 1. The van der Waals surface area contributed by atoms with E-state index in [2.05, 4.69) is 4.74 Å². The summed E-state index contributed by atoms with van der Waals surface area (Å²) in [5, 5.41) is 0. The maximum Gasteiger partial charge on any atom is 0.379 e. The maximum absolute atomic E-state index is 13.5. The van der Waals surface area contributed by atoms with E-state index in [1.54, 1.807) is 0 Å². The number of halogens is 5. The van der Waals surface area contributed by atoms with E-state index in [-0.39, 0.29) is 12.7 Å². The molecule has 0 amide bonds. The predicted molar refractivity (Wildman–Crippen MR) is 54.8 cm³/mol. The van der Waals surface area contributed by atoms with Crippen molar-refractivity contribution in [2.45, 2.75) is 18.9 Å². The standard InChI is InChI=1S/C11H10F5NO2/c1-2-19-10(18)11(15,16)9(17)6-3-5(12)4-7(13)8(6)14/h3-4,9H,2,17H2,1H3/t9-/m1/s1. The van der Waals surface area contributed by atoms with Crippen molar-refractivity contribution in [1.82, 2.24) is 0 Å². The first-order chi connectivity index (χ1) is 8.71. The number of carbonyl (C=O) groups is 1. The van der Waals surface area contributed by atoms with Crippen LogP contribution in [0.1, 0.15) is 18.5 Å². The number of ether oxygens (including phenoxy) is 1. The summed E-state index contributed by atoms with van der Waals surface area (Å²) in [4.78, 5) is 11.0. The molecule has 0 aliphatic heterocycles. The first-order valence-corrected chi connectivity index (χ1v) is 5.16. The topological polar surface area (TPSA) is 52.3 Å². The van der Waals surface area contributed by atoms with Gasteiger partial charge in [-0.2, -0.15) is 8.78 Å². The molecule has 1 atom stereocenters. The van der Waals surface area contributed by atoms with Crippen molar-refractivity contribution in [3.05, 3.63) is 35.1 Å². The van der Waals surface area contributed by atoms with Crippen molar-refractivity contribution < 1.29 is 31.5 Å². The van der Waals surface area contributed by atoms with Gasteiger partial charge in [-0.3, -0.25) is 0 Å². The minimum Gasteiger partial charge on any atom is -0.462 e. The minimum absolute atomic E-state index is 0.175. The molecule has 0 aliphatic rings. The van der Waals surface area contributed by atoms with E-state index >= 15 is 0 Å². The number of carbonyl (C=O) groups excluding carboxylic acids is 1. The van der Waals surface area contributed by atoms with Crippen molar-refractivity contribution in [3.8, 4) is 0 Å². The highest BCUT2D eigenvalue weighted by Gasteiger charge is 2.49. The number of hydrogen-bond donors (Lipinski definition) is 1. The zero-order valence-corrected chi connectivity index (χ0v) is 9.72. The van der Waals surface area contributed by atoms with Gasteiger partial charge in [0.25, 0.3) is 0 Å². The SMILES string of the molecule is CCOC(=O)C(F)(F)[C@H](N)c1cc(F)cc(F)c1F. The summed E-state index contributed by atoms with van der Waals surface area (Å²) in [5.74, 6) is -11.0. The average molecular weight is 283 g/mol. The lowest BCUT2D eigenvalue weighted by atomic mass is 10.0. The second-order valence-corrected chi connectivity index (χ2v) is 3.61. The molecule has 0 saturated carbocycles. The first-order valence-electron chi connectivity index (χ1n) is 5.16. The molecule has 8 heteroatoms. The lowest BCUT2D eigenvalue weighted by Gasteiger charge is -2.22. The number of alkyl halides is 2. The monoisotopic (exact) mass is 283 g/mol. The van der Waals surface area contributed by atoms with Crippen LogP contribution in [-0.2, 0) is 9.53 Å². The Bertz CT molecular complexity index is 492. The van der Waals surface area contributed by atoms with Crippen LogP contribution in [0.4, 0.5) is 22.0 Å². The zero-order chi connectivity index (χ0) is 14.8. The second-order valence-electron chi connectivity index (χ2n) is 3.61. The highest BCUT2D eigenvalue weighted by atomic mass is 19.3. The average Bonchev–Trinajstić information content (AvgIpc) is 2.33. The smallest absolute Gasteiger partial charge is 0.379 e. The Labute approximate surface area is 105 Å². The normalized spacial score (nSPS) is 13.2. The molecule has 0 saturated heterocycles. The van der Waals surface area contributed by atoms with Crippen molar-refractivity contribution >= 4 is 5.97 Å². The quantitative estimate of drug-likeness (QED) is 0.524. The summed E-state index contributed by atoms with van der Waals surface area (Å²) in [6.07, 6.45) is 0. The van der Waals surface area contributed by atoms with Crippen LogP contribution in [0.15, 0.2) is 12.1 Å². The van der Waals surface area contributed by atoms with E-state index in [9.17, 15) is 26.7 Å². The molecule has 0 aromatic heterocycles. The second kappa shape index (κ2) is 5.52. The number of nitrogens with two attached hydrogens (primary N) is 1. The Kier molecular flexibility index (Phi) is 4.46. The maximum atomic E-state index is 13.5. The van der Waals surface area contributed by atoms with Gasteiger partial charge in [0.2, 0.25) is 0 Å². The first kappa shape index (κ1) is 15.4. The summed E-state index contributed by atoms with van der Waals surface area (Å²) in [7, 11) is 0. The highest BCUT2D eigenvalue weighted by Crippen LogP contribution is 2.33. The van der Waals surface area contributed by atoms with Crippen LogP contribution < -0.4 is 5.73 Å². The lowest BCUT2D eigenvalue weighted by molar-refractivity contribution is -0.174. The molecule has 19 heavy (non-hydrogen) atoms. The van der Waals surface area contributed by atoms with E-state index in [0.717, 1.165) is 0 Å². The van der Waals surface area contributed by atoms with Gasteiger partial charge >= 0.3 is 11.9 Å². The van der Waals surface area contributed by atoms with Crippen LogP contribution in [-0.4, -0.2) is 18.5 Å². The van der Waals surface area contributed by atoms with Gasteiger partial charge in [0.05, 0.1) is 6.61 Å². The third-order valence-corrected chi connectivity index (χ3v) is 2.29. The molecule has 0 spiro atoms. The molecule has 0 bridgehead atoms. The van der Waals surface area contributed by atoms with E-state index in [4.69, 9.17) is 5.73 Å². The van der Waals surface area contributed by atoms with Crippen LogP contribution in [0.5, 0.6) is 0 Å². The Morgan fingerprint density at radius 1 is 1.37 bits per heavy atom. The van der Waals surface area contributed by atoms with Crippen molar-refractivity contribution in [2.24, 2.45) is 5.73 Å². The fourth-order valence-corrected chi connectivity index (χ4v) is 1.35. The number of hydrogen-bond acceptors (Lipinski definition) is 3. The number of esters is 1. The van der Waals surface area contributed by atoms with Crippen LogP contribution in [0.25, 0.3) is 0 Å². The van der Waals surface area contributed by atoms with Gasteiger partial charge in [0, 0.05) is 11.6 Å². The molecule has 3 nitrogen and oxygen atoms in total. The molecule has 0 heterocycles. The molecule has 0 aliphatic carbocycles. The molecule has 0 radical (unpaired) electrons. The molecule has 0 unspecified atom stereocenters. The summed E-state index contributed by atoms with van der Waals surface area (Å²) in [6, 6.07) is -2.08. The summed E-state index contributed by atoms with van der Waals surface area (Å²) >= 11 is 0. The van der Waals surface area contributed by atoms with Gasteiger partial charge in [0.1, 0.15) is 11.9 Å². The predicted octanol–water partition coefficient (Wildman–Crippen LogP) is 2.30. The molecule has 2 N–H and O–H groups in total. The fourth-order valence-electron chi connectivity index (χ4n) is 1.35. The van der Waals surface area contributed by atoms with Crippen LogP contribution in [0.3, 0.4) is 0 Å². The molecule has 1 aromatic carbocycles. The van der Waals surface area contributed by atoms with Crippen molar-refractivity contribution in [2.75, 3.05) is 6.61 Å². The summed E-state index contributed by atoms with van der Waals surface area (Å²) < 4.78 is 70.2. The molecule has 106 valence electrons. The fraction of sp³-hybridized carbons (Fsp3) is 0.364. The van der Waals surface area contributed by atoms with Crippen molar-refractivity contribution in [3.63, 3.8) is 0 Å². The van der Waals surface area contributed by atoms with Gasteiger partial charge in [0.15, 0.2) is 11.6 Å². The molecule has 0 fully saturated rings. The van der Waals surface area contributed by atoms with E-state index in [0.29, 0.717) is 6.07 Å². The Morgan fingerprint density at radius 2 is 1.95 bits per heavy atom. The van der Waals surface area contributed by atoms with E-state index in [1.807, 2.05) is 0 Å². The van der Waals surface area contributed by atoms with Crippen LogP contribution >= 0.6 is 0 Å². The Hall–Kier alpha value is -1.70. The highest BCUT2D eigenvalue weighted by molar-refractivity contribution is 5.78. The minimum atomic E-state index is -4.31. The van der Waals surface area contributed by atoms with Crippen molar-refractivity contribution in [1.29, 1.82) is 0 Å². The Morgan fingerprint density at radius 3 is 2.47 bits per heavy atom. The lowest BCUT2D eigenvalue weighted by Crippen LogP contribution is -2.42. The molecule has 1 rings (SSSR count). The van der Waals surface area contributed by atoms with Gasteiger partial charge < -0.3 is 10.5 Å².